The number of rotatable bonds is 6. The monoisotopic (exact) mass is 348 g/mol. The second-order valence-corrected chi connectivity index (χ2v) is 8.34. The molecular weight excluding hydrogens is 324 g/mol. The predicted octanol–water partition coefficient (Wildman–Crippen LogP) is 2.47. The Labute approximate surface area is 143 Å². The van der Waals surface area contributed by atoms with Crippen LogP contribution >= 0.6 is 0 Å². The van der Waals surface area contributed by atoms with Crippen molar-refractivity contribution in [2.75, 3.05) is 13.1 Å². The topological polar surface area (TPSA) is 68.1 Å². The zero-order chi connectivity index (χ0) is 17.0. The molecule has 7 heteroatoms. The molecule has 1 fully saturated rings. The first-order chi connectivity index (χ1) is 11.6. The van der Waals surface area contributed by atoms with Crippen molar-refractivity contribution in [2.24, 2.45) is 5.92 Å². The largest absolute Gasteiger partial charge is 0.337 e. The highest BCUT2D eigenvalue weighted by Crippen LogP contribution is 2.27. The van der Waals surface area contributed by atoms with Crippen LogP contribution in [0.5, 0.6) is 0 Å². The average Bonchev–Trinajstić information content (AvgIpc) is 3.09. The molecule has 1 aliphatic heterocycles. The van der Waals surface area contributed by atoms with Gasteiger partial charge in [-0.25, -0.2) is 13.4 Å². The quantitative estimate of drug-likeness (QED) is 0.804. The molecule has 0 atom stereocenters. The molecule has 6 nitrogen and oxygen atoms in total. The molecule has 0 saturated carbocycles. The van der Waals surface area contributed by atoms with Gasteiger partial charge in [-0.15, -0.1) is 0 Å². The van der Waals surface area contributed by atoms with E-state index >= 15 is 0 Å². The number of piperidine rings is 1. The second kappa shape index (κ2) is 7.44. The standard InChI is InChI=1S/C17H24N4O2S/c1-15-4-7-18-13-17(15)24(22,23)21-10-5-16(6-11-21)3-2-9-20-12-8-19-14-20/h4,7-8,12-14,16H,2-3,5-6,9-11H2,1H3. The Morgan fingerprint density at radius 1 is 1.21 bits per heavy atom. The third-order valence-corrected chi connectivity index (χ3v) is 6.80. The van der Waals surface area contributed by atoms with E-state index in [1.807, 2.05) is 19.4 Å². The van der Waals surface area contributed by atoms with E-state index < -0.39 is 10.0 Å². The number of hydrogen-bond acceptors (Lipinski definition) is 4. The lowest BCUT2D eigenvalue weighted by Gasteiger charge is -2.31. The van der Waals surface area contributed by atoms with Crippen LogP contribution in [-0.2, 0) is 16.6 Å². The lowest BCUT2D eigenvalue weighted by molar-refractivity contribution is 0.257. The molecule has 0 N–H and O–H groups in total. The summed E-state index contributed by atoms with van der Waals surface area (Å²) in [5, 5.41) is 0. The number of aryl methyl sites for hydroxylation is 2. The van der Waals surface area contributed by atoms with E-state index in [0.29, 0.717) is 23.9 Å². The number of pyridine rings is 1. The lowest BCUT2D eigenvalue weighted by atomic mass is 9.93. The van der Waals surface area contributed by atoms with E-state index in [2.05, 4.69) is 14.5 Å². The van der Waals surface area contributed by atoms with Crippen molar-refractivity contribution in [2.45, 2.75) is 44.0 Å². The maximum atomic E-state index is 12.8. The van der Waals surface area contributed by atoms with Crippen molar-refractivity contribution < 1.29 is 8.42 Å². The van der Waals surface area contributed by atoms with Gasteiger partial charge in [-0.2, -0.15) is 4.31 Å². The molecule has 3 heterocycles. The van der Waals surface area contributed by atoms with Crippen LogP contribution in [-0.4, -0.2) is 40.3 Å². The molecule has 0 aliphatic carbocycles. The molecule has 1 saturated heterocycles. The van der Waals surface area contributed by atoms with Crippen LogP contribution in [0.2, 0.25) is 0 Å². The summed E-state index contributed by atoms with van der Waals surface area (Å²) in [6.07, 6.45) is 12.8. The van der Waals surface area contributed by atoms with E-state index in [1.165, 1.54) is 6.20 Å². The second-order valence-electron chi connectivity index (χ2n) is 6.43. The fourth-order valence-corrected chi connectivity index (χ4v) is 4.92. The molecular formula is C17H24N4O2S. The maximum absolute atomic E-state index is 12.8. The summed E-state index contributed by atoms with van der Waals surface area (Å²) >= 11 is 0. The van der Waals surface area contributed by atoms with Gasteiger partial charge in [-0.05, 0) is 50.2 Å². The Morgan fingerprint density at radius 2 is 2.00 bits per heavy atom. The van der Waals surface area contributed by atoms with Gasteiger partial charge in [0.25, 0.3) is 0 Å². The van der Waals surface area contributed by atoms with Crippen molar-refractivity contribution in [3.63, 3.8) is 0 Å². The maximum Gasteiger partial charge on any atom is 0.244 e. The van der Waals surface area contributed by atoms with Gasteiger partial charge in [0, 0.05) is 44.4 Å². The number of hydrogen-bond donors (Lipinski definition) is 0. The Hall–Kier alpha value is -1.73. The molecule has 1 aliphatic rings. The number of aromatic nitrogens is 3. The predicted molar refractivity (Wildman–Crippen MR) is 91.9 cm³/mol. The van der Waals surface area contributed by atoms with Crippen LogP contribution in [0.1, 0.15) is 31.2 Å². The van der Waals surface area contributed by atoms with E-state index in [0.717, 1.165) is 37.8 Å². The van der Waals surface area contributed by atoms with Gasteiger partial charge in [0.05, 0.1) is 6.33 Å². The summed E-state index contributed by atoms with van der Waals surface area (Å²) in [7, 11) is -3.41. The van der Waals surface area contributed by atoms with E-state index in [9.17, 15) is 8.42 Å². The Kier molecular flexibility index (Phi) is 5.30. The minimum absolute atomic E-state index is 0.337. The fraction of sp³-hybridized carbons (Fsp3) is 0.529. The highest BCUT2D eigenvalue weighted by Gasteiger charge is 2.30. The van der Waals surface area contributed by atoms with Crippen molar-refractivity contribution in [1.82, 2.24) is 18.8 Å². The number of sulfonamides is 1. The van der Waals surface area contributed by atoms with E-state index in [-0.39, 0.29) is 0 Å². The van der Waals surface area contributed by atoms with Crippen LogP contribution in [0.15, 0.2) is 42.1 Å². The average molecular weight is 348 g/mol. The van der Waals surface area contributed by atoms with Gasteiger partial charge >= 0.3 is 0 Å². The molecule has 0 aromatic carbocycles. The van der Waals surface area contributed by atoms with Crippen LogP contribution in [0.4, 0.5) is 0 Å². The van der Waals surface area contributed by atoms with E-state index in [1.54, 1.807) is 22.8 Å². The first kappa shape index (κ1) is 17.1. The van der Waals surface area contributed by atoms with Crippen molar-refractivity contribution in [1.29, 1.82) is 0 Å². The van der Waals surface area contributed by atoms with Crippen molar-refractivity contribution >= 4 is 10.0 Å². The third-order valence-electron chi connectivity index (χ3n) is 4.77. The van der Waals surface area contributed by atoms with Gasteiger partial charge in [-0.1, -0.05) is 0 Å². The molecule has 2 aromatic rings. The summed E-state index contributed by atoms with van der Waals surface area (Å²) in [6.45, 7) is 4.00. The molecule has 3 rings (SSSR count). The summed E-state index contributed by atoms with van der Waals surface area (Å²) in [6, 6.07) is 1.75. The SMILES string of the molecule is Cc1ccncc1S(=O)(=O)N1CCC(CCCn2ccnc2)CC1. The normalized spacial score (nSPS) is 17.2. The number of nitrogens with zero attached hydrogens (tertiary/aromatic N) is 4. The summed E-state index contributed by atoms with van der Waals surface area (Å²) < 4.78 is 29.2. The molecule has 130 valence electrons. The highest BCUT2D eigenvalue weighted by atomic mass is 32.2. The molecule has 0 radical (unpaired) electrons. The van der Waals surface area contributed by atoms with Gasteiger partial charge in [0.1, 0.15) is 4.90 Å². The number of imidazole rings is 1. The minimum Gasteiger partial charge on any atom is -0.337 e. The van der Waals surface area contributed by atoms with E-state index in [4.69, 9.17) is 0 Å². The van der Waals surface area contributed by atoms with Crippen LogP contribution < -0.4 is 0 Å². The molecule has 0 spiro atoms. The molecule has 0 unspecified atom stereocenters. The zero-order valence-electron chi connectivity index (χ0n) is 14.0. The van der Waals surface area contributed by atoms with Crippen LogP contribution in [0.25, 0.3) is 0 Å². The van der Waals surface area contributed by atoms with Gasteiger partial charge < -0.3 is 4.57 Å². The molecule has 0 amide bonds. The zero-order valence-corrected chi connectivity index (χ0v) is 14.8. The van der Waals surface area contributed by atoms with Gasteiger partial charge in [0.2, 0.25) is 10.0 Å². The van der Waals surface area contributed by atoms with Crippen LogP contribution in [0, 0.1) is 12.8 Å². The highest BCUT2D eigenvalue weighted by molar-refractivity contribution is 7.89. The molecule has 0 bridgehead atoms. The Bertz CT molecular complexity index is 751. The van der Waals surface area contributed by atoms with Crippen molar-refractivity contribution in [3.05, 3.63) is 42.7 Å². The Morgan fingerprint density at radius 3 is 2.67 bits per heavy atom. The summed E-state index contributed by atoms with van der Waals surface area (Å²) in [5.41, 5.74) is 0.757. The Balaban J connectivity index is 1.52. The summed E-state index contributed by atoms with van der Waals surface area (Å²) in [5.74, 6) is 0.606. The first-order valence-electron chi connectivity index (χ1n) is 8.44. The van der Waals surface area contributed by atoms with Gasteiger partial charge in [0.15, 0.2) is 0 Å². The lowest BCUT2D eigenvalue weighted by Crippen LogP contribution is -2.38. The van der Waals surface area contributed by atoms with Gasteiger partial charge in [-0.3, -0.25) is 4.98 Å². The third kappa shape index (κ3) is 3.84. The molecule has 24 heavy (non-hydrogen) atoms. The van der Waals surface area contributed by atoms with Crippen LogP contribution in [0.3, 0.4) is 0 Å². The fourth-order valence-electron chi connectivity index (χ4n) is 3.28. The minimum atomic E-state index is -3.41. The first-order valence-corrected chi connectivity index (χ1v) is 9.88. The smallest absolute Gasteiger partial charge is 0.244 e. The summed E-state index contributed by atoms with van der Waals surface area (Å²) in [4.78, 5) is 8.35. The molecule has 2 aromatic heterocycles. The van der Waals surface area contributed by atoms with Crippen molar-refractivity contribution in [3.8, 4) is 0 Å².